The van der Waals surface area contributed by atoms with Crippen molar-refractivity contribution in [3.05, 3.63) is 59.7 Å². The van der Waals surface area contributed by atoms with Gasteiger partial charge in [0.15, 0.2) is 0 Å². The van der Waals surface area contributed by atoms with Crippen LogP contribution in [0.1, 0.15) is 17.9 Å². The molecule has 0 radical (unpaired) electrons. The molecule has 0 aliphatic carbocycles. The Morgan fingerprint density at radius 2 is 2.18 bits per heavy atom. The molecule has 0 unspecified atom stereocenters. The molecule has 0 saturated carbocycles. The number of allylic oxidation sites excluding steroid dienone is 1. The Hall–Kier alpha value is -2.19. The summed E-state index contributed by atoms with van der Waals surface area (Å²) in [7, 11) is 0. The lowest BCUT2D eigenvalue weighted by Crippen LogP contribution is -2.28. The number of esters is 1. The summed E-state index contributed by atoms with van der Waals surface area (Å²) in [5.74, 6) is -0.413. The fourth-order valence-electron chi connectivity index (χ4n) is 3.02. The first kappa shape index (κ1) is 20.5. The lowest BCUT2D eigenvalue weighted by Gasteiger charge is -2.28. The highest BCUT2D eigenvalue weighted by Gasteiger charge is 2.30. The quantitative estimate of drug-likeness (QED) is 0.372. The van der Waals surface area contributed by atoms with Crippen LogP contribution in [0.5, 0.6) is 0 Å². The van der Waals surface area contributed by atoms with Crippen LogP contribution in [0.4, 0.5) is 0 Å². The average Bonchev–Trinajstić information content (AvgIpc) is 3.16. The van der Waals surface area contributed by atoms with Crippen molar-refractivity contribution < 1.29 is 28.8 Å². The average molecular weight is 404 g/mol. The molecular weight excluding hydrogens is 380 g/mol. The number of aliphatic hydroxyl groups excluding tert-OH is 1. The van der Waals surface area contributed by atoms with Gasteiger partial charge in [0.1, 0.15) is 6.61 Å². The van der Waals surface area contributed by atoms with E-state index < -0.39 is 12.3 Å². The second-order valence-corrected chi connectivity index (χ2v) is 7.11. The smallest absolute Gasteiger partial charge is 0.373 e. The highest BCUT2D eigenvalue weighted by atomic mass is 32.1. The van der Waals surface area contributed by atoms with Crippen molar-refractivity contribution in [2.45, 2.75) is 18.6 Å². The minimum atomic E-state index is -0.585. The molecule has 0 fully saturated rings. The molecule has 0 saturated heterocycles. The lowest BCUT2D eigenvalue weighted by molar-refractivity contribution is -0.163. The summed E-state index contributed by atoms with van der Waals surface area (Å²) >= 11 is 1.68. The molecule has 1 aliphatic rings. The molecule has 0 amide bonds. The van der Waals surface area contributed by atoms with Crippen LogP contribution < -0.4 is 0 Å². The maximum atomic E-state index is 12.3. The second kappa shape index (κ2) is 10.4. The van der Waals surface area contributed by atoms with Crippen molar-refractivity contribution in [3.63, 3.8) is 0 Å². The predicted octanol–water partition coefficient (Wildman–Crippen LogP) is 3.37. The van der Waals surface area contributed by atoms with Crippen molar-refractivity contribution in [2.24, 2.45) is 0 Å². The number of carbonyl (C=O) groups excluding carboxylic acids is 1. The van der Waals surface area contributed by atoms with Crippen LogP contribution in [0, 0.1) is 0 Å². The first-order chi connectivity index (χ1) is 13.7. The number of aliphatic hydroxyl groups is 1. The van der Waals surface area contributed by atoms with Gasteiger partial charge in [0.2, 0.25) is 12.0 Å². The summed E-state index contributed by atoms with van der Waals surface area (Å²) in [5, 5.41) is 12.0. The topological polar surface area (TPSA) is 74.2 Å². The third-order valence-electron chi connectivity index (χ3n) is 4.27. The first-order valence-corrected chi connectivity index (χ1v) is 10.0. The van der Waals surface area contributed by atoms with E-state index in [2.05, 4.69) is 24.1 Å². The van der Waals surface area contributed by atoms with Crippen molar-refractivity contribution in [2.75, 3.05) is 33.0 Å². The van der Waals surface area contributed by atoms with Gasteiger partial charge in [-0.1, -0.05) is 30.9 Å². The van der Waals surface area contributed by atoms with Crippen LogP contribution >= 0.6 is 11.3 Å². The highest BCUT2D eigenvalue weighted by Crippen LogP contribution is 2.38. The Labute approximate surface area is 168 Å². The van der Waals surface area contributed by atoms with Gasteiger partial charge >= 0.3 is 5.97 Å². The van der Waals surface area contributed by atoms with Crippen LogP contribution in [0.2, 0.25) is 0 Å². The van der Waals surface area contributed by atoms with E-state index in [1.54, 1.807) is 11.3 Å². The normalized spacial score (nSPS) is 19.1. The number of carbonyl (C=O) groups is 1. The summed E-state index contributed by atoms with van der Waals surface area (Å²) < 4.78 is 23.0. The van der Waals surface area contributed by atoms with Gasteiger partial charge < -0.3 is 24.1 Å². The minimum Gasteiger partial charge on any atom is -0.458 e. The molecule has 6 nitrogen and oxygen atoms in total. The maximum absolute atomic E-state index is 12.3. The summed E-state index contributed by atoms with van der Waals surface area (Å²) in [6.07, 6.45) is 3.32. The fourth-order valence-corrected chi connectivity index (χ4v) is 4.04. The van der Waals surface area contributed by atoms with Gasteiger partial charge in [0.05, 0.1) is 26.4 Å². The number of fused-ring (bicyclic) bond motifs is 1. The van der Waals surface area contributed by atoms with Crippen LogP contribution in [0.25, 0.3) is 10.1 Å². The van der Waals surface area contributed by atoms with E-state index in [-0.39, 0.29) is 31.5 Å². The molecule has 2 atom stereocenters. The van der Waals surface area contributed by atoms with Gasteiger partial charge in [0, 0.05) is 17.0 Å². The summed E-state index contributed by atoms with van der Waals surface area (Å²) in [5.41, 5.74) is 1.14. The molecule has 2 heterocycles. The SMILES string of the molecule is C=CCOC(=O)C1=C[C@@H](c2csc3ccccc23)C[C@@H](OCCOCCO)O1. The molecule has 2 aromatic rings. The van der Waals surface area contributed by atoms with Gasteiger partial charge in [-0.3, -0.25) is 0 Å². The number of ether oxygens (including phenoxy) is 4. The number of thiophene rings is 1. The molecule has 0 bridgehead atoms. The van der Waals surface area contributed by atoms with E-state index in [0.717, 1.165) is 5.56 Å². The molecule has 0 spiro atoms. The van der Waals surface area contributed by atoms with Gasteiger partial charge in [0.25, 0.3) is 0 Å². The predicted molar refractivity (Wildman–Crippen MR) is 107 cm³/mol. The van der Waals surface area contributed by atoms with Crippen molar-refractivity contribution in [1.29, 1.82) is 0 Å². The molecule has 1 N–H and O–H groups in total. The van der Waals surface area contributed by atoms with E-state index in [9.17, 15) is 4.79 Å². The molecular formula is C21H24O6S. The van der Waals surface area contributed by atoms with Crippen molar-refractivity contribution in [3.8, 4) is 0 Å². The number of rotatable bonds is 10. The molecule has 3 rings (SSSR count). The number of hydrogen-bond donors (Lipinski definition) is 1. The lowest BCUT2D eigenvalue weighted by atomic mass is 9.92. The van der Waals surface area contributed by atoms with Crippen LogP contribution in [-0.2, 0) is 23.7 Å². The Morgan fingerprint density at radius 1 is 1.32 bits per heavy atom. The summed E-state index contributed by atoms with van der Waals surface area (Å²) in [6.45, 7) is 4.54. The third-order valence-corrected chi connectivity index (χ3v) is 5.25. The zero-order valence-electron chi connectivity index (χ0n) is 15.5. The Bertz CT molecular complexity index is 827. The van der Waals surface area contributed by atoms with Crippen molar-refractivity contribution >= 4 is 27.4 Å². The largest absolute Gasteiger partial charge is 0.458 e. The van der Waals surface area contributed by atoms with E-state index >= 15 is 0 Å². The standard InChI is InChI=1S/C21H24O6S/c1-2-8-26-21(23)18-12-15(13-20(27-18)25-11-10-24-9-7-22)17-14-28-19-6-4-3-5-16(17)19/h2-6,12,14-15,20,22H,1,7-11,13H2/t15-,20+/m1/s1. The van der Waals surface area contributed by atoms with E-state index in [0.29, 0.717) is 19.6 Å². The van der Waals surface area contributed by atoms with E-state index in [4.69, 9.17) is 24.1 Å². The molecule has 150 valence electrons. The molecule has 1 aromatic heterocycles. The number of hydrogen-bond acceptors (Lipinski definition) is 7. The maximum Gasteiger partial charge on any atom is 0.373 e. The number of benzene rings is 1. The first-order valence-electron chi connectivity index (χ1n) is 9.15. The fraction of sp³-hybridized carbons (Fsp3) is 0.381. The summed E-state index contributed by atoms with van der Waals surface area (Å²) in [4.78, 5) is 12.3. The second-order valence-electron chi connectivity index (χ2n) is 6.20. The van der Waals surface area contributed by atoms with Gasteiger partial charge in [-0.2, -0.15) is 0 Å². The molecule has 28 heavy (non-hydrogen) atoms. The van der Waals surface area contributed by atoms with Crippen molar-refractivity contribution in [1.82, 2.24) is 0 Å². The molecule has 7 heteroatoms. The van der Waals surface area contributed by atoms with Gasteiger partial charge in [-0.15, -0.1) is 11.3 Å². The third kappa shape index (κ3) is 5.20. The Balaban J connectivity index is 1.76. The van der Waals surface area contributed by atoms with Gasteiger partial charge in [-0.05, 0) is 28.5 Å². The van der Waals surface area contributed by atoms with Crippen LogP contribution in [-0.4, -0.2) is 50.4 Å². The highest BCUT2D eigenvalue weighted by molar-refractivity contribution is 7.17. The minimum absolute atomic E-state index is 0.0282. The zero-order chi connectivity index (χ0) is 19.8. The molecule has 1 aliphatic heterocycles. The zero-order valence-corrected chi connectivity index (χ0v) is 16.4. The molecule has 1 aromatic carbocycles. The van der Waals surface area contributed by atoms with Gasteiger partial charge in [-0.25, -0.2) is 4.79 Å². The Kier molecular flexibility index (Phi) is 7.62. The van der Waals surface area contributed by atoms with E-state index in [1.165, 1.54) is 16.2 Å². The summed E-state index contributed by atoms with van der Waals surface area (Å²) in [6, 6.07) is 8.18. The van der Waals surface area contributed by atoms with Crippen LogP contribution in [0.3, 0.4) is 0 Å². The monoisotopic (exact) mass is 404 g/mol. The van der Waals surface area contributed by atoms with Crippen LogP contribution in [0.15, 0.2) is 54.1 Å². The Morgan fingerprint density at radius 3 is 3.00 bits per heavy atom. The van der Waals surface area contributed by atoms with E-state index in [1.807, 2.05) is 18.2 Å².